The van der Waals surface area contributed by atoms with Crippen molar-refractivity contribution in [2.45, 2.75) is 39.9 Å². The maximum Gasteiger partial charge on any atom is 0.387 e. The lowest BCUT2D eigenvalue weighted by Gasteiger charge is -2.10. The maximum absolute atomic E-state index is 13.2. The van der Waals surface area contributed by atoms with E-state index in [1.54, 1.807) is 20.8 Å². The molecular weight excluding hydrogens is 432 g/mol. The van der Waals surface area contributed by atoms with Crippen LogP contribution in [-0.2, 0) is 16.0 Å². The van der Waals surface area contributed by atoms with Crippen molar-refractivity contribution in [3.8, 4) is 11.5 Å². The lowest BCUT2D eigenvalue weighted by molar-refractivity contribution is -0.146. The van der Waals surface area contributed by atoms with Crippen molar-refractivity contribution < 1.29 is 33.0 Å². The molecule has 0 aliphatic carbocycles. The molecule has 1 aromatic heterocycles. The standard InChI is InChI=1S/C22H20ClF2NO5/c1-11(2)30-20(28)9-15-12(3)26(18-10-17(23)19(27)8-16(15)18)21(29)13-4-6-14(7-5-13)31-22(24)25/h4-8,10-11,22,27H,9H2,1-3H3. The van der Waals surface area contributed by atoms with Crippen molar-refractivity contribution in [3.63, 3.8) is 0 Å². The predicted molar refractivity (Wildman–Crippen MR) is 111 cm³/mol. The largest absolute Gasteiger partial charge is 0.506 e. The second kappa shape index (κ2) is 8.93. The fourth-order valence-electron chi connectivity index (χ4n) is 3.33. The normalized spacial score (nSPS) is 11.4. The number of nitrogens with zero attached hydrogens (tertiary/aromatic N) is 1. The van der Waals surface area contributed by atoms with Crippen molar-refractivity contribution in [1.29, 1.82) is 0 Å². The summed E-state index contributed by atoms with van der Waals surface area (Å²) in [5.41, 5.74) is 1.58. The van der Waals surface area contributed by atoms with Crippen molar-refractivity contribution in [3.05, 3.63) is 58.2 Å². The van der Waals surface area contributed by atoms with Crippen LogP contribution >= 0.6 is 11.6 Å². The second-order valence-electron chi connectivity index (χ2n) is 7.14. The molecule has 31 heavy (non-hydrogen) atoms. The summed E-state index contributed by atoms with van der Waals surface area (Å²) in [5, 5.41) is 10.6. The molecule has 0 bridgehead atoms. The molecule has 6 nitrogen and oxygen atoms in total. The van der Waals surface area contributed by atoms with Gasteiger partial charge in [-0.3, -0.25) is 14.2 Å². The van der Waals surface area contributed by atoms with Crippen molar-refractivity contribution in [2.24, 2.45) is 0 Å². The minimum absolute atomic E-state index is 0.0380. The van der Waals surface area contributed by atoms with Gasteiger partial charge in [0.25, 0.3) is 5.91 Å². The Balaban J connectivity index is 2.09. The third-order valence-corrected chi connectivity index (χ3v) is 4.92. The van der Waals surface area contributed by atoms with Gasteiger partial charge in [0.05, 0.1) is 23.1 Å². The molecule has 0 atom stereocenters. The fourth-order valence-corrected chi connectivity index (χ4v) is 3.49. The highest BCUT2D eigenvalue weighted by Gasteiger charge is 2.23. The number of rotatable bonds is 6. The molecule has 0 aliphatic rings. The van der Waals surface area contributed by atoms with Gasteiger partial charge in [0, 0.05) is 16.6 Å². The van der Waals surface area contributed by atoms with Crippen LogP contribution in [0.15, 0.2) is 36.4 Å². The molecule has 0 spiro atoms. The molecular formula is C22H20ClF2NO5. The van der Waals surface area contributed by atoms with Crippen LogP contribution in [0, 0.1) is 6.92 Å². The van der Waals surface area contributed by atoms with E-state index in [0.29, 0.717) is 22.2 Å². The monoisotopic (exact) mass is 451 g/mol. The summed E-state index contributed by atoms with van der Waals surface area (Å²) in [6.45, 7) is 2.14. The number of aromatic hydroxyl groups is 1. The zero-order valence-electron chi connectivity index (χ0n) is 17.0. The number of phenolic OH excluding ortho intramolecular Hbond substituents is 1. The van der Waals surface area contributed by atoms with Gasteiger partial charge in [0.1, 0.15) is 11.5 Å². The van der Waals surface area contributed by atoms with E-state index in [-0.39, 0.29) is 34.6 Å². The Morgan fingerprint density at radius 2 is 1.81 bits per heavy atom. The average molecular weight is 452 g/mol. The van der Waals surface area contributed by atoms with Gasteiger partial charge < -0.3 is 14.6 Å². The molecule has 164 valence electrons. The first-order chi connectivity index (χ1) is 14.6. The van der Waals surface area contributed by atoms with Crippen LogP contribution in [0.25, 0.3) is 10.9 Å². The van der Waals surface area contributed by atoms with E-state index in [9.17, 15) is 23.5 Å². The van der Waals surface area contributed by atoms with Crippen molar-refractivity contribution >= 4 is 34.4 Å². The number of halogens is 3. The Bertz CT molecular complexity index is 1140. The van der Waals surface area contributed by atoms with Gasteiger partial charge in [0.15, 0.2) is 0 Å². The molecule has 0 fully saturated rings. The van der Waals surface area contributed by atoms with Gasteiger partial charge in [-0.2, -0.15) is 8.78 Å². The van der Waals surface area contributed by atoms with Gasteiger partial charge in [-0.15, -0.1) is 0 Å². The molecule has 0 saturated heterocycles. The molecule has 9 heteroatoms. The van der Waals surface area contributed by atoms with E-state index in [1.165, 1.54) is 41.0 Å². The second-order valence-corrected chi connectivity index (χ2v) is 7.55. The molecule has 0 aliphatic heterocycles. The number of benzene rings is 2. The van der Waals surface area contributed by atoms with Crippen LogP contribution in [0.2, 0.25) is 5.02 Å². The van der Waals surface area contributed by atoms with E-state index in [1.807, 2.05) is 0 Å². The Kier molecular flexibility index (Phi) is 6.50. The Labute approximate surface area is 181 Å². The number of hydrogen-bond acceptors (Lipinski definition) is 5. The highest BCUT2D eigenvalue weighted by Crippen LogP contribution is 2.35. The summed E-state index contributed by atoms with van der Waals surface area (Å²) in [6.07, 6.45) is -0.414. The quantitative estimate of drug-likeness (QED) is 0.528. The maximum atomic E-state index is 13.2. The molecule has 3 aromatic rings. The molecule has 1 N–H and O–H groups in total. The summed E-state index contributed by atoms with van der Waals surface area (Å²) in [5.74, 6) is -1.21. The third-order valence-electron chi connectivity index (χ3n) is 4.62. The van der Waals surface area contributed by atoms with Crippen LogP contribution in [0.3, 0.4) is 0 Å². The van der Waals surface area contributed by atoms with Gasteiger partial charge >= 0.3 is 12.6 Å². The van der Waals surface area contributed by atoms with Crippen molar-refractivity contribution in [1.82, 2.24) is 4.57 Å². The summed E-state index contributed by atoms with van der Waals surface area (Å²) in [4.78, 5) is 25.5. The van der Waals surface area contributed by atoms with Gasteiger partial charge in [0.2, 0.25) is 0 Å². The minimum atomic E-state index is -2.97. The van der Waals surface area contributed by atoms with Gasteiger partial charge in [-0.1, -0.05) is 11.6 Å². The predicted octanol–water partition coefficient (Wildman–Crippen LogP) is 5.09. The number of alkyl halides is 2. The Morgan fingerprint density at radius 3 is 2.39 bits per heavy atom. The van der Waals surface area contributed by atoms with Crippen LogP contribution in [0.5, 0.6) is 11.5 Å². The first kappa shape index (κ1) is 22.6. The number of aromatic nitrogens is 1. The lowest BCUT2D eigenvalue weighted by atomic mass is 10.1. The number of ether oxygens (including phenoxy) is 2. The highest BCUT2D eigenvalue weighted by atomic mass is 35.5. The molecule has 0 radical (unpaired) electrons. The number of phenols is 1. The van der Waals surface area contributed by atoms with Crippen LogP contribution < -0.4 is 4.74 Å². The number of fused-ring (bicyclic) bond motifs is 1. The van der Waals surface area contributed by atoms with E-state index in [4.69, 9.17) is 16.3 Å². The lowest BCUT2D eigenvalue weighted by Crippen LogP contribution is -2.16. The first-order valence-electron chi connectivity index (χ1n) is 9.40. The highest BCUT2D eigenvalue weighted by molar-refractivity contribution is 6.33. The smallest absolute Gasteiger partial charge is 0.387 e. The van der Waals surface area contributed by atoms with Crippen molar-refractivity contribution in [2.75, 3.05) is 0 Å². The molecule has 0 amide bonds. The zero-order chi connectivity index (χ0) is 22.9. The number of hydrogen-bond donors (Lipinski definition) is 1. The minimum Gasteiger partial charge on any atom is -0.506 e. The molecule has 0 unspecified atom stereocenters. The summed E-state index contributed by atoms with van der Waals surface area (Å²) < 4.78 is 35.6. The van der Waals surface area contributed by atoms with Crippen LogP contribution in [-0.4, -0.2) is 34.3 Å². The van der Waals surface area contributed by atoms with Crippen LogP contribution in [0.4, 0.5) is 8.78 Å². The number of carbonyl (C=O) groups is 2. The van der Waals surface area contributed by atoms with E-state index in [0.717, 1.165) is 0 Å². The van der Waals surface area contributed by atoms with Gasteiger partial charge in [-0.25, -0.2) is 0 Å². The summed E-state index contributed by atoms with van der Waals surface area (Å²) in [6, 6.07) is 8.08. The molecule has 3 rings (SSSR count). The Morgan fingerprint density at radius 1 is 1.16 bits per heavy atom. The van der Waals surface area contributed by atoms with Gasteiger partial charge in [-0.05, 0) is 62.7 Å². The summed E-state index contributed by atoms with van der Waals surface area (Å²) in [7, 11) is 0. The number of esters is 1. The first-order valence-corrected chi connectivity index (χ1v) is 9.77. The molecule has 1 heterocycles. The zero-order valence-corrected chi connectivity index (χ0v) is 17.7. The number of carbonyl (C=O) groups excluding carboxylic acids is 2. The van der Waals surface area contributed by atoms with Crippen LogP contribution in [0.1, 0.15) is 35.5 Å². The fraction of sp³-hybridized carbons (Fsp3) is 0.273. The van der Waals surface area contributed by atoms with E-state index < -0.39 is 18.5 Å². The Hall–Kier alpha value is -3.13. The topological polar surface area (TPSA) is 77.8 Å². The van der Waals surface area contributed by atoms with E-state index in [2.05, 4.69) is 4.74 Å². The molecule has 2 aromatic carbocycles. The average Bonchev–Trinajstić information content (AvgIpc) is 2.92. The van der Waals surface area contributed by atoms with E-state index >= 15 is 0 Å². The SMILES string of the molecule is Cc1c(CC(=O)OC(C)C)c2cc(O)c(Cl)cc2n1C(=O)c1ccc(OC(F)F)cc1. The molecule has 0 saturated carbocycles. The third kappa shape index (κ3) is 4.80. The summed E-state index contributed by atoms with van der Waals surface area (Å²) >= 11 is 6.06.